The number of nitrogens with zero attached hydrogens (tertiary/aromatic N) is 1. The molecule has 1 atom stereocenters. The van der Waals surface area contributed by atoms with Gasteiger partial charge >= 0.3 is 0 Å². The monoisotopic (exact) mass is 284 g/mol. The van der Waals surface area contributed by atoms with Crippen LogP contribution in [0.15, 0.2) is 18.2 Å². The Morgan fingerprint density at radius 1 is 1.32 bits per heavy atom. The molecule has 0 aromatic heterocycles. The van der Waals surface area contributed by atoms with Gasteiger partial charge in [0.1, 0.15) is 0 Å². The van der Waals surface area contributed by atoms with E-state index in [-0.39, 0.29) is 12.6 Å². The summed E-state index contributed by atoms with van der Waals surface area (Å²) in [6.45, 7) is 6.98. The van der Waals surface area contributed by atoms with Gasteiger partial charge in [-0.3, -0.25) is 0 Å². The molecule has 1 rings (SSSR count). The number of aliphatic hydroxyl groups excluding tert-OH is 1. The van der Waals surface area contributed by atoms with Gasteiger partial charge < -0.3 is 15.7 Å². The summed E-state index contributed by atoms with van der Waals surface area (Å²) < 4.78 is 0. The fraction of sp³-hybridized carbons (Fsp3) is 0.600. The van der Waals surface area contributed by atoms with Crippen LogP contribution < -0.4 is 10.6 Å². The van der Waals surface area contributed by atoms with Crippen molar-refractivity contribution in [2.24, 2.45) is 5.73 Å². The number of anilines is 1. The van der Waals surface area contributed by atoms with Gasteiger partial charge in [0, 0.05) is 18.6 Å². The second kappa shape index (κ2) is 7.73. The average molecular weight is 285 g/mol. The van der Waals surface area contributed by atoms with Crippen LogP contribution in [0.5, 0.6) is 0 Å². The Bertz CT molecular complexity index is 392. The van der Waals surface area contributed by atoms with Gasteiger partial charge in [-0.05, 0) is 37.5 Å². The van der Waals surface area contributed by atoms with Crippen LogP contribution in [0.25, 0.3) is 0 Å². The van der Waals surface area contributed by atoms with Crippen molar-refractivity contribution in [3.8, 4) is 0 Å². The molecule has 1 aromatic carbocycles. The number of aliphatic hydroxyl groups is 1. The van der Waals surface area contributed by atoms with Crippen molar-refractivity contribution in [2.75, 3.05) is 18.1 Å². The van der Waals surface area contributed by atoms with E-state index in [2.05, 4.69) is 18.7 Å². The minimum Gasteiger partial charge on any atom is -0.395 e. The van der Waals surface area contributed by atoms with Gasteiger partial charge in [0.25, 0.3) is 0 Å². The maximum atomic E-state index is 9.27. The Morgan fingerprint density at radius 3 is 2.37 bits per heavy atom. The van der Waals surface area contributed by atoms with Gasteiger partial charge in [-0.2, -0.15) is 0 Å². The highest BCUT2D eigenvalue weighted by Gasteiger charge is 2.18. The van der Waals surface area contributed by atoms with Crippen LogP contribution in [0.3, 0.4) is 0 Å². The van der Waals surface area contributed by atoms with Gasteiger partial charge in [0.05, 0.1) is 17.3 Å². The Balaban J connectivity index is 3.08. The van der Waals surface area contributed by atoms with Crippen molar-refractivity contribution in [3.63, 3.8) is 0 Å². The van der Waals surface area contributed by atoms with Crippen molar-refractivity contribution in [1.82, 2.24) is 0 Å². The number of rotatable bonds is 7. The molecule has 0 radical (unpaired) electrons. The highest BCUT2D eigenvalue weighted by atomic mass is 35.5. The molecule has 0 aliphatic carbocycles. The zero-order chi connectivity index (χ0) is 14.4. The number of benzene rings is 1. The highest BCUT2D eigenvalue weighted by Crippen LogP contribution is 2.31. The molecule has 19 heavy (non-hydrogen) atoms. The van der Waals surface area contributed by atoms with Crippen molar-refractivity contribution < 1.29 is 5.11 Å². The summed E-state index contributed by atoms with van der Waals surface area (Å²) in [6.07, 6.45) is 2.06. The van der Waals surface area contributed by atoms with Crippen LogP contribution in [0, 0.1) is 0 Å². The van der Waals surface area contributed by atoms with E-state index in [1.54, 1.807) is 0 Å². The SMILES string of the molecule is CCC(CC)N(CCO)c1ccc([C@@H](C)N)cc1Cl. The molecule has 0 saturated heterocycles. The van der Waals surface area contributed by atoms with Gasteiger partial charge in [-0.25, -0.2) is 0 Å². The molecule has 108 valence electrons. The lowest BCUT2D eigenvalue weighted by atomic mass is 10.1. The summed E-state index contributed by atoms with van der Waals surface area (Å²) >= 11 is 6.38. The van der Waals surface area contributed by atoms with Crippen LogP contribution in [0.4, 0.5) is 5.69 Å². The van der Waals surface area contributed by atoms with E-state index in [1.807, 2.05) is 25.1 Å². The van der Waals surface area contributed by atoms with Crippen LogP contribution in [-0.4, -0.2) is 24.3 Å². The van der Waals surface area contributed by atoms with Gasteiger partial charge in [-0.1, -0.05) is 31.5 Å². The Morgan fingerprint density at radius 2 is 1.95 bits per heavy atom. The summed E-state index contributed by atoms with van der Waals surface area (Å²) in [6, 6.07) is 6.32. The third kappa shape index (κ3) is 4.10. The molecule has 0 bridgehead atoms. The molecule has 0 aliphatic heterocycles. The topological polar surface area (TPSA) is 49.5 Å². The van der Waals surface area contributed by atoms with E-state index in [0.717, 1.165) is 24.1 Å². The highest BCUT2D eigenvalue weighted by molar-refractivity contribution is 6.33. The molecular weight excluding hydrogens is 260 g/mol. The number of hydrogen-bond acceptors (Lipinski definition) is 3. The summed E-state index contributed by atoms with van der Waals surface area (Å²) in [5.41, 5.74) is 7.88. The summed E-state index contributed by atoms with van der Waals surface area (Å²) in [7, 11) is 0. The standard InChI is InChI=1S/C15H25ClN2O/c1-4-13(5-2)18(8-9-19)15-7-6-12(11(3)17)10-14(15)16/h6-7,10-11,13,19H,4-5,8-9,17H2,1-3H3/t11-/m1/s1. The lowest BCUT2D eigenvalue weighted by Gasteiger charge is -2.33. The predicted molar refractivity (Wildman–Crippen MR) is 82.9 cm³/mol. The molecule has 4 heteroatoms. The summed E-state index contributed by atoms with van der Waals surface area (Å²) in [4.78, 5) is 2.19. The summed E-state index contributed by atoms with van der Waals surface area (Å²) in [5, 5.41) is 9.97. The Kier molecular flexibility index (Phi) is 6.63. The third-order valence-corrected chi connectivity index (χ3v) is 3.83. The normalized spacial score (nSPS) is 12.8. The quantitative estimate of drug-likeness (QED) is 0.807. The zero-order valence-electron chi connectivity index (χ0n) is 12.1. The van der Waals surface area contributed by atoms with E-state index in [1.165, 1.54) is 0 Å². The fourth-order valence-corrected chi connectivity index (χ4v) is 2.67. The largest absolute Gasteiger partial charge is 0.395 e. The zero-order valence-corrected chi connectivity index (χ0v) is 12.8. The Hall–Kier alpha value is -0.770. The van der Waals surface area contributed by atoms with E-state index < -0.39 is 0 Å². The maximum Gasteiger partial charge on any atom is 0.0643 e. The molecule has 0 fully saturated rings. The first-order chi connectivity index (χ1) is 9.04. The first-order valence-corrected chi connectivity index (χ1v) is 7.35. The lowest BCUT2D eigenvalue weighted by molar-refractivity contribution is 0.296. The van der Waals surface area contributed by atoms with Crippen molar-refractivity contribution >= 4 is 17.3 Å². The first kappa shape index (κ1) is 16.3. The lowest BCUT2D eigenvalue weighted by Crippen LogP contribution is -2.37. The maximum absolute atomic E-state index is 9.27. The minimum absolute atomic E-state index is 0.0222. The molecule has 0 unspecified atom stereocenters. The molecule has 0 aliphatic rings. The van der Waals surface area contributed by atoms with Gasteiger partial charge in [-0.15, -0.1) is 0 Å². The van der Waals surface area contributed by atoms with Crippen LogP contribution in [-0.2, 0) is 0 Å². The summed E-state index contributed by atoms with van der Waals surface area (Å²) in [5.74, 6) is 0. The molecule has 3 nitrogen and oxygen atoms in total. The van der Waals surface area contributed by atoms with Gasteiger partial charge in [0.15, 0.2) is 0 Å². The van der Waals surface area contributed by atoms with Crippen LogP contribution in [0.2, 0.25) is 5.02 Å². The van der Waals surface area contributed by atoms with Crippen LogP contribution >= 0.6 is 11.6 Å². The Labute approximate surface area is 121 Å². The first-order valence-electron chi connectivity index (χ1n) is 6.97. The third-order valence-electron chi connectivity index (χ3n) is 3.53. The number of halogens is 1. The molecule has 0 heterocycles. The molecular formula is C15H25ClN2O. The second-order valence-corrected chi connectivity index (χ2v) is 5.29. The van der Waals surface area contributed by atoms with E-state index in [9.17, 15) is 5.11 Å². The van der Waals surface area contributed by atoms with Crippen molar-refractivity contribution in [2.45, 2.75) is 45.7 Å². The van der Waals surface area contributed by atoms with Crippen molar-refractivity contribution in [3.05, 3.63) is 28.8 Å². The predicted octanol–water partition coefficient (Wildman–Crippen LogP) is 3.35. The van der Waals surface area contributed by atoms with Crippen molar-refractivity contribution in [1.29, 1.82) is 0 Å². The molecule has 0 saturated carbocycles. The molecule has 1 aromatic rings. The fourth-order valence-electron chi connectivity index (χ4n) is 2.38. The number of hydrogen-bond donors (Lipinski definition) is 2. The number of nitrogens with two attached hydrogens (primary N) is 1. The molecule has 0 spiro atoms. The van der Waals surface area contributed by atoms with E-state index >= 15 is 0 Å². The molecule has 0 amide bonds. The van der Waals surface area contributed by atoms with Gasteiger partial charge in [0.2, 0.25) is 0 Å². The molecule has 3 N–H and O–H groups in total. The minimum atomic E-state index is -0.0222. The van der Waals surface area contributed by atoms with E-state index in [0.29, 0.717) is 17.6 Å². The average Bonchev–Trinajstić information content (AvgIpc) is 2.39. The smallest absolute Gasteiger partial charge is 0.0643 e. The second-order valence-electron chi connectivity index (χ2n) is 4.89. The van der Waals surface area contributed by atoms with Crippen LogP contribution in [0.1, 0.15) is 45.2 Å². The van der Waals surface area contributed by atoms with E-state index in [4.69, 9.17) is 17.3 Å².